The lowest BCUT2D eigenvalue weighted by atomic mass is 10.2. The van der Waals surface area contributed by atoms with Gasteiger partial charge in [-0.15, -0.1) is 0 Å². The highest BCUT2D eigenvalue weighted by Gasteiger charge is 2.35. The highest BCUT2D eigenvalue weighted by atomic mass is 16.7. The fourth-order valence-electron chi connectivity index (χ4n) is 2.72. The normalized spacial score (nSPS) is 22.1. The second kappa shape index (κ2) is 6.93. The van der Waals surface area contributed by atoms with Crippen LogP contribution in [0.1, 0.15) is 51.9 Å². The summed E-state index contributed by atoms with van der Waals surface area (Å²) in [4.78, 5) is 11.3. The van der Waals surface area contributed by atoms with Crippen LogP contribution in [-0.2, 0) is 19.0 Å². The number of hydrogen-bond acceptors (Lipinski definition) is 4. The Morgan fingerprint density at radius 2 is 2.20 bits per heavy atom. The van der Waals surface area contributed by atoms with Crippen LogP contribution in [0.15, 0.2) is 24.5 Å². The van der Waals surface area contributed by atoms with E-state index in [0.29, 0.717) is 0 Å². The zero-order chi connectivity index (χ0) is 14.4. The van der Waals surface area contributed by atoms with Crippen molar-refractivity contribution in [3.8, 4) is 0 Å². The third-order valence-electron chi connectivity index (χ3n) is 3.71. The second-order valence-corrected chi connectivity index (χ2v) is 5.63. The van der Waals surface area contributed by atoms with Crippen LogP contribution in [0, 0.1) is 0 Å². The summed E-state index contributed by atoms with van der Waals surface area (Å²) in [5, 5.41) is 0. The van der Waals surface area contributed by atoms with Crippen molar-refractivity contribution >= 4 is 5.97 Å². The fourth-order valence-corrected chi connectivity index (χ4v) is 2.72. The van der Waals surface area contributed by atoms with E-state index in [-0.39, 0.29) is 12.7 Å². The van der Waals surface area contributed by atoms with Crippen LogP contribution in [-0.4, -0.2) is 24.5 Å². The van der Waals surface area contributed by atoms with Crippen LogP contribution < -0.4 is 0 Å². The van der Waals surface area contributed by atoms with Gasteiger partial charge in [-0.2, -0.15) is 0 Å². The van der Waals surface area contributed by atoms with Gasteiger partial charge in [0.15, 0.2) is 6.61 Å². The highest BCUT2D eigenvalue weighted by Crippen LogP contribution is 2.31. The van der Waals surface area contributed by atoms with Gasteiger partial charge in [0.05, 0.1) is 11.9 Å². The van der Waals surface area contributed by atoms with Crippen molar-refractivity contribution in [2.45, 2.75) is 63.8 Å². The van der Waals surface area contributed by atoms with Crippen LogP contribution in [0.2, 0.25) is 0 Å². The maximum Gasteiger partial charge on any atom is 0.330 e. The number of carbonyl (C=O) groups is 1. The lowest BCUT2D eigenvalue weighted by Gasteiger charge is -2.33. The van der Waals surface area contributed by atoms with Crippen LogP contribution in [0.3, 0.4) is 0 Å². The lowest BCUT2D eigenvalue weighted by Crippen LogP contribution is -2.40. The van der Waals surface area contributed by atoms with Crippen LogP contribution >= 0.6 is 0 Å². The van der Waals surface area contributed by atoms with Crippen molar-refractivity contribution in [1.29, 1.82) is 0 Å². The third kappa shape index (κ3) is 4.37. The molecule has 1 atom stereocenters. The molecule has 0 saturated heterocycles. The quantitative estimate of drug-likeness (QED) is 0.407. The van der Waals surface area contributed by atoms with Crippen molar-refractivity contribution in [3.05, 3.63) is 24.5 Å². The average Bonchev–Trinajstić information content (AvgIpc) is 3.09. The summed E-state index contributed by atoms with van der Waals surface area (Å²) in [5.41, 5.74) is 0. The van der Waals surface area contributed by atoms with Crippen molar-refractivity contribution < 1.29 is 19.0 Å². The molecule has 2 aliphatic carbocycles. The molecule has 20 heavy (non-hydrogen) atoms. The summed E-state index contributed by atoms with van der Waals surface area (Å²) < 4.78 is 17.2. The first-order valence-corrected chi connectivity index (χ1v) is 7.46. The van der Waals surface area contributed by atoms with Gasteiger partial charge in [0, 0.05) is 19.4 Å². The van der Waals surface area contributed by atoms with Crippen LogP contribution in [0.4, 0.5) is 0 Å². The molecule has 0 aliphatic heterocycles. The van der Waals surface area contributed by atoms with Crippen molar-refractivity contribution in [2.75, 3.05) is 6.61 Å². The molecule has 0 heterocycles. The molecule has 1 fully saturated rings. The molecule has 1 saturated carbocycles. The molecule has 4 heteroatoms. The largest absolute Gasteiger partial charge is 0.464 e. The van der Waals surface area contributed by atoms with E-state index in [4.69, 9.17) is 14.2 Å². The predicted molar refractivity (Wildman–Crippen MR) is 75.9 cm³/mol. The molecule has 2 aliphatic rings. The topological polar surface area (TPSA) is 44.8 Å². The van der Waals surface area contributed by atoms with Crippen molar-refractivity contribution in [1.82, 2.24) is 0 Å². The average molecular weight is 280 g/mol. The predicted octanol–water partition coefficient (Wildman–Crippen LogP) is 3.48. The first-order chi connectivity index (χ1) is 9.61. The number of hydrogen-bond donors (Lipinski definition) is 0. The number of rotatable bonds is 7. The molecule has 0 aromatic heterocycles. The van der Waals surface area contributed by atoms with Crippen molar-refractivity contribution in [3.63, 3.8) is 0 Å². The summed E-state index contributed by atoms with van der Waals surface area (Å²) in [6.07, 6.45) is 11.0. The van der Waals surface area contributed by atoms with E-state index in [9.17, 15) is 4.79 Å². The van der Waals surface area contributed by atoms with Gasteiger partial charge < -0.3 is 14.2 Å². The number of esters is 1. The Labute approximate surface area is 120 Å². The molecule has 0 aromatic rings. The SMILES string of the molecule is C=CC(=O)OCC(C)(OC1=CCCC1)OC1CCCC1. The molecule has 0 radical (unpaired) electrons. The summed E-state index contributed by atoms with van der Waals surface area (Å²) in [6, 6.07) is 0. The Bertz CT molecular complexity index is 382. The maximum atomic E-state index is 11.3. The standard InChI is InChI=1S/C16H24O4/c1-3-15(17)18-12-16(2,19-13-8-4-5-9-13)20-14-10-6-7-11-14/h3,8,14H,1,4-7,9-12H2,2H3. The van der Waals surface area contributed by atoms with E-state index in [1.807, 2.05) is 6.92 Å². The van der Waals surface area contributed by atoms with E-state index in [2.05, 4.69) is 12.7 Å². The Balaban J connectivity index is 1.95. The van der Waals surface area contributed by atoms with E-state index in [0.717, 1.165) is 43.9 Å². The maximum absolute atomic E-state index is 11.3. The Morgan fingerprint density at radius 1 is 1.45 bits per heavy atom. The zero-order valence-electron chi connectivity index (χ0n) is 12.2. The summed E-state index contributed by atoms with van der Waals surface area (Å²) >= 11 is 0. The number of carbonyl (C=O) groups excluding carboxylic acids is 1. The molecule has 0 amide bonds. The fraction of sp³-hybridized carbons (Fsp3) is 0.688. The second-order valence-electron chi connectivity index (χ2n) is 5.63. The first kappa shape index (κ1) is 15.1. The van der Waals surface area contributed by atoms with E-state index < -0.39 is 11.8 Å². The van der Waals surface area contributed by atoms with Gasteiger partial charge in [-0.25, -0.2) is 4.79 Å². The minimum atomic E-state index is -0.899. The smallest absolute Gasteiger partial charge is 0.330 e. The van der Waals surface area contributed by atoms with E-state index >= 15 is 0 Å². The summed E-state index contributed by atoms with van der Waals surface area (Å²) in [7, 11) is 0. The third-order valence-corrected chi connectivity index (χ3v) is 3.71. The molecule has 2 rings (SSSR count). The van der Waals surface area contributed by atoms with Crippen LogP contribution in [0.5, 0.6) is 0 Å². The minimum absolute atomic E-state index is 0.0890. The zero-order valence-corrected chi connectivity index (χ0v) is 12.2. The molecule has 112 valence electrons. The first-order valence-electron chi connectivity index (χ1n) is 7.46. The Hall–Kier alpha value is -1.29. The van der Waals surface area contributed by atoms with E-state index in [1.54, 1.807) is 0 Å². The van der Waals surface area contributed by atoms with E-state index in [1.165, 1.54) is 12.8 Å². The molecule has 0 bridgehead atoms. The van der Waals surface area contributed by atoms with Gasteiger partial charge >= 0.3 is 5.97 Å². The van der Waals surface area contributed by atoms with Gasteiger partial charge in [0.25, 0.3) is 0 Å². The summed E-state index contributed by atoms with van der Waals surface area (Å²) in [6.45, 7) is 5.34. The van der Waals surface area contributed by atoms with Gasteiger partial charge in [0.2, 0.25) is 5.79 Å². The summed E-state index contributed by atoms with van der Waals surface area (Å²) in [5.74, 6) is -0.403. The minimum Gasteiger partial charge on any atom is -0.464 e. The molecule has 4 nitrogen and oxygen atoms in total. The Morgan fingerprint density at radius 3 is 2.80 bits per heavy atom. The molecule has 1 unspecified atom stereocenters. The van der Waals surface area contributed by atoms with Gasteiger partial charge in [-0.05, 0) is 31.8 Å². The van der Waals surface area contributed by atoms with Gasteiger partial charge in [0.1, 0.15) is 0 Å². The molecule has 0 aromatic carbocycles. The molecule has 0 spiro atoms. The monoisotopic (exact) mass is 280 g/mol. The Kier molecular flexibility index (Phi) is 5.24. The van der Waals surface area contributed by atoms with Crippen LogP contribution in [0.25, 0.3) is 0 Å². The number of ether oxygens (including phenoxy) is 3. The molecule has 0 N–H and O–H groups in total. The highest BCUT2D eigenvalue weighted by molar-refractivity contribution is 5.81. The molecular weight excluding hydrogens is 256 g/mol. The lowest BCUT2D eigenvalue weighted by molar-refractivity contribution is -0.249. The van der Waals surface area contributed by atoms with Gasteiger partial charge in [-0.1, -0.05) is 19.4 Å². The van der Waals surface area contributed by atoms with Crippen molar-refractivity contribution in [2.24, 2.45) is 0 Å². The molecular formula is C16H24O4. The number of allylic oxidation sites excluding steroid dienone is 2. The van der Waals surface area contributed by atoms with Gasteiger partial charge in [-0.3, -0.25) is 0 Å².